The SMILES string of the molecule is CCCCCCNC(=O)Nc1cccc(OCC(=O)NCC)c1. The van der Waals surface area contributed by atoms with Gasteiger partial charge >= 0.3 is 6.03 Å². The lowest BCUT2D eigenvalue weighted by molar-refractivity contribution is -0.122. The standard InChI is InChI=1S/C17H27N3O3/c1-3-5-6-7-11-19-17(22)20-14-9-8-10-15(12-14)23-13-16(21)18-4-2/h8-10,12H,3-7,11,13H2,1-2H3,(H,18,21)(H2,19,20,22). The van der Waals surface area contributed by atoms with Gasteiger partial charge in [0.1, 0.15) is 5.75 Å². The number of benzene rings is 1. The van der Waals surface area contributed by atoms with Crippen LogP contribution < -0.4 is 20.7 Å². The Hall–Kier alpha value is -2.24. The highest BCUT2D eigenvalue weighted by Gasteiger charge is 2.04. The van der Waals surface area contributed by atoms with Crippen LogP contribution in [0.1, 0.15) is 39.5 Å². The highest BCUT2D eigenvalue weighted by atomic mass is 16.5. The lowest BCUT2D eigenvalue weighted by atomic mass is 10.2. The van der Waals surface area contributed by atoms with E-state index in [1.807, 2.05) is 6.92 Å². The van der Waals surface area contributed by atoms with Gasteiger partial charge in [0.15, 0.2) is 6.61 Å². The summed E-state index contributed by atoms with van der Waals surface area (Å²) in [5.41, 5.74) is 0.629. The molecule has 3 amide bonds. The van der Waals surface area contributed by atoms with Crippen LogP contribution in [0.2, 0.25) is 0 Å². The molecule has 1 rings (SSSR count). The average Bonchev–Trinajstić information content (AvgIpc) is 2.53. The van der Waals surface area contributed by atoms with Crippen LogP contribution in [-0.2, 0) is 4.79 Å². The molecule has 0 saturated carbocycles. The monoisotopic (exact) mass is 321 g/mol. The van der Waals surface area contributed by atoms with Crippen LogP contribution in [0.25, 0.3) is 0 Å². The van der Waals surface area contributed by atoms with Crippen molar-refractivity contribution in [2.24, 2.45) is 0 Å². The van der Waals surface area contributed by atoms with Crippen molar-refractivity contribution in [1.82, 2.24) is 10.6 Å². The van der Waals surface area contributed by atoms with E-state index < -0.39 is 0 Å². The maximum Gasteiger partial charge on any atom is 0.319 e. The lowest BCUT2D eigenvalue weighted by Crippen LogP contribution is -2.29. The van der Waals surface area contributed by atoms with Gasteiger partial charge in [0, 0.05) is 24.8 Å². The van der Waals surface area contributed by atoms with Gasteiger partial charge in [0.05, 0.1) is 0 Å². The fourth-order valence-electron chi connectivity index (χ4n) is 1.99. The number of nitrogens with one attached hydrogen (secondary N) is 3. The number of ether oxygens (including phenoxy) is 1. The predicted molar refractivity (Wildman–Crippen MR) is 91.8 cm³/mol. The highest BCUT2D eigenvalue weighted by molar-refractivity contribution is 5.89. The molecule has 0 unspecified atom stereocenters. The Morgan fingerprint density at radius 3 is 2.65 bits per heavy atom. The first-order chi connectivity index (χ1) is 11.2. The largest absolute Gasteiger partial charge is 0.484 e. The maximum atomic E-state index is 11.8. The number of amides is 3. The number of anilines is 1. The van der Waals surface area contributed by atoms with Crippen molar-refractivity contribution in [3.8, 4) is 5.75 Å². The summed E-state index contributed by atoms with van der Waals surface area (Å²) in [4.78, 5) is 23.1. The summed E-state index contributed by atoms with van der Waals surface area (Å²) in [6.07, 6.45) is 4.47. The van der Waals surface area contributed by atoms with Gasteiger partial charge in [0.2, 0.25) is 0 Å². The number of unbranched alkanes of at least 4 members (excludes halogenated alkanes) is 3. The molecule has 0 fully saturated rings. The molecule has 0 aliphatic carbocycles. The minimum absolute atomic E-state index is 0.0408. The first kappa shape index (κ1) is 18.8. The average molecular weight is 321 g/mol. The Kier molecular flexibility index (Phi) is 9.28. The highest BCUT2D eigenvalue weighted by Crippen LogP contribution is 2.17. The number of urea groups is 1. The Morgan fingerprint density at radius 1 is 1.09 bits per heavy atom. The number of likely N-dealkylation sites (N-methyl/N-ethyl adjacent to an activating group) is 1. The van der Waals surface area contributed by atoms with Gasteiger partial charge in [-0.05, 0) is 25.5 Å². The Labute approximate surface area is 138 Å². The second-order valence-corrected chi connectivity index (χ2v) is 5.21. The van der Waals surface area contributed by atoms with Crippen molar-refractivity contribution in [2.75, 3.05) is 25.0 Å². The number of hydrogen-bond donors (Lipinski definition) is 3. The number of carbonyl (C=O) groups excluding carboxylic acids is 2. The molecular formula is C17H27N3O3. The van der Waals surface area contributed by atoms with Crippen LogP contribution in [0, 0.1) is 0 Å². The third kappa shape index (κ3) is 8.70. The molecule has 0 aliphatic heterocycles. The van der Waals surface area contributed by atoms with Crippen molar-refractivity contribution in [3.63, 3.8) is 0 Å². The first-order valence-electron chi connectivity index (χ1n) is 8.20. The van der Waals surface area contributed by atoms with Crippen LogP contribution in [0.5, 0.6) is 5.75 Å². The molecule has 0 heterocycles. The van der Waals surface area contributed by atoms with Crippen molar-refractivity contribution in [1.29, 1.82) is 0 Å². The van der Waals surface area contributed by atoms with Gasteiger partial charge in [-0.1, -0.05) is 32.3 Å². The quantitative estimate of drug-likeness (QED) is 0.580. The van der Waals surface area contributed by atoms with Crippen LogP contribution in [0.15, 0.2) is 24.3 Å². The molecule has 6 heteroatoms. The summed E-state index contributed by atoms with van der Waals surface area (Å²) in [7, 11) is 0. The first-order valence-corrected chi connectivity index (χ1v) is 8.20. The zero-order valence-corrected chi connectivity index (χ0v) is 14.0. The maximum absolute atomic E-state index is 11.8. The minimum Gasteiger partial charge on any atom is -0.484 e. The van der Waals surface area contributed by atoms with E-state index in [2.05, 4.69) is 22.9 Å². The van der Waals surface area contributed by atoms with Crippen LogP contribution in [0.4, 0.5) is 10.5 Å². The molecule has 1 aromatic carbocycles. The Morgan fingerprint density at radius 2 is 1.91 bits per heavy atom. The minimum atomic E-state index is -0.234. The molecule has 0 aromatic heterocycles. The molecule has 0 bridgehead atoms. The van der Waals surface area contributed by atoms with Crippen LogP contribution >= 0.6 is 0 Å². The third-order valence-corrected chi connectivity index (χ3v) is 3.15. The van der Waals surface area contributed by atoms with Gasteiger partial charge in [-0.25, -0.2) is 4.79 Å². The van der Waals surface area contributed by atoms with E-state index >= 15 is 0 Å². The van der Waals surface area contributed by atoms with E-state index in [9.17, 15) is 9.59 Å². The van der Waals surface area contributed by atoms with E-state index in [1.165, 1.54) is 12.8 Å². The number of hydrogen-bond acceptors (Lipinski definition) is 3. The summed E-state index contributed by atoms with van der Waals surface area (Å²) >= 11 is 0. The normalized spacial score (nSPS) is 10.0. The lowest BCUT2D eigenvalue weighted by Gasteiger charge is -2.10. The fraction of sp³-hybridized carbons (Fsp3) is 0.529. The van der Waals surface area contributed by atoms with Crippen molar-refractivity contribution in [3.05, 3.63) is 24.3 Å². The molecule has 128 valence electrons. The van der Waals surface area contributed by atoms with Crippen LogP contribution in [-0.4, -0.2) is 31.6 Å². The molecule has 0 aliphatic rings. The van der Waals surface area contributed by atoms with Gasteiger partial charge in [-0.2, -0.15) is 0 Å². The molecule has 0 spiro atoms. The van der Waals surface area contributed by atoms with Gasteiger partial charge in [-0.15, -0.1) is 0 Å². The molecule has 1 aromatic rings. The zero-order valence-electron chi connectivity index (χ0n) is 14.0. The molecule has 0 radical (unpaired) electrons. The van der Waals surface area contributed by atoms with Gasteiger partial charge in [-0.3, -0.25) is 4.79 Å². The van der Waals surface area contributed by atoms with Gasteiger partial charge < -0.3 is 20.7 Å². The van der Waals surface area contributed by atoms with Gasteiger partial charge in [0.25, 0.3) is 5.91 Å². The summed E-state index contributed by atoms with van der Waals surface area (Å²) in [5, 5.41) is 8.23. The second-order valence-electron chi connectivity index (χ2n) is 5.21. The molecule has 3 N–H and O–H groups in total. The van der Waals surface area contributed by atoms with E-state index in [0.29, 0.717) is 24.5 Å². The van der Waals surface area contributed by atoms with E-state index in [-0.39, 0.29) is 18.5 Å². The van der Waals surface area contributed by atoms with Crippen molar-refractivity contribution in [2.45, 2.75) is 39.5 Å². The molecule has 0 saturated heterocycles. The fourth-order valence-corrected chi connectivity index (χ4v) is 1.99. The van der Waals surface area contributed by atoms with E-state index in [4.69, 9.17) is 4.74 Å². The molecule has 23 heavy (non-hydrogen) atoms. The van der Waals surface area contributed by atoms with E-state index in [1.54, 1.807) is 24.3 Å². The third-order valence-electron chi connectivity index (χ3n) is 3.15. The topological polar surface area (TPSA) is 79.5 Å². The predicted octanol–water partition coefficient (Wildman–Crippen LogP) is 2.90. The second kappa shape index (κ2) is 11.3. The summed E-state index contributed by atoms with van der Waals surface area (Å²) in [6.45, 7) is 5.20. The molecule has 6 nitrogen and oxygen atoms in total. The van der Waals surface area contributed by atoms with Crippen molar-refractivity contribution >= 4 is 17.6 Å². The van der Waals surface area contributed by atoms with Crippen molar-refractivity contribution < 1.29 is 14.3 Å². The Balaban J connectivity index is 2.35. The van der Waals surface area contributed by atoms with E-state index in [0.717, 1.165) is 12.8 Å². The molecule has 0 atom stereocenters. The number of carbonyl (C=O) groups is 2. The smallest absolute Gasteiger partial charge is 0.319 e. The number of rotatable bonds is 10. The summed E-state index contributed by atoms with van der Waals surface area (Å²) < 4.78 is 5.38. The zero-order chi connectivity index (χ0) is 16.9. The Bertz CT molecular complexity index is 492. The summed E-state index contributed by atoms with van der Waals surface area (Å²) in [5.74, 6) is 0.368. The van der Waals surface area contributed by atoms with Crippen LogP contribution in [0.3, 0.4) is 0 Å². The summed E-state index contributed by atoms with van der Waals surface area (Å²) in [6, 6.07) is 6.74. The molecular weight excluding hydrogens is 294 g/mol.